The number of piperazine rings is 1. The van der Waals surface area contributed by atoms with Crippen LogP contribution in [0.1, 0.15) is 21.6 Å². The van der Waals surface area contributed by atoms with Crippen molar-refractivity contribution in [2.75, 3.05) is 62.3 Å². The monoisotopic (exact) mass is 381 g/mol. The van der Waals surface area contributed by atoms with Gasteiger partial charge in [-0.3, -0.25) is 4.79 Å². The van der Waals surface area contributed by atoms with Crippen molar-refractivity contribution < 1.29 is 9.53 Å². The molecule has 3 heterocycles. The van der Waals surface area contributed by atoms with Crippen molar-refractivity contribution in [3.8, 4) is 0 Å². The van der Waals surface area contributed by atoms with Crippen LogP contribution in [0.25, 0.3) is 0 Å². The third kappa shape index (κ3) is 3.80. The van der Waals surface area contributed by atoms with E-state index in [1.807, 2.05) is 11.0 Å². The molecule has 2 aliphatic heterocycles. The van der Waals surface area contributed by atoms with Crippen molar-refractivity contribution in [1.82, 2.24) is 15.1 Å². The predicted octanol–water partition coefficient (Wildman–Crippen LogP) is 1.89. The molecule has 2 fully saturated rings. The van der Waals surface area contributed by atoms with Gasteiger partial charge in [-0.1, -0.05) is 12.1 Å². The summed E-state index contributed by atoms with van der Waals surface area (Å²) in [6.45, 7) is 10.4. The molecule has 148 valence electrons. The van der Waals surface area contributed by atoms with Gasteiger partial charge in [0.25, 0.3) is 5.91 Å². The second-order valence-corrected chi connectivity index (χ2v) is 7.37. The Balaban J connectivity index is 1.38. The van der Waals surface area contributed by atoms with Crippen molar-refractivity contribution >= 4 is 17.4 Å². The molecule has 1 aromatic heterocycles. The smallest absolute Gasteiger partial charge is 0.274 e. The van der Waals surface area contributed by atoms with Crippen LogP contribution in [0.4, 0.5) is 11.5 Å². The van der Waals surface area contributed by atoms with Gasteiger partial charge in [0.15, 0.2) is 11.5 Å². The topological polar surface area (TPSA) is 61.8 Å². The number of rotatable bonds is 3. The van der Waals surface area contributed by atoms with Gasteiger partial charge in [-0.15, -0.1) is 10.2 Å². The zero-order valence-electron chi connectivity index (χ0n) is 16.6. The molecule has 7 heteroatoms. The Morgan fingerprint density at radius 2 is 1.64 bits per heavy atom. The first-order valence-corrected chi connectivity index (χ1v) is 9.90. The lowest BCUT2D eigenvalue weighted by atomic mass is 10.1. The third-order valence-electron chi connectivity index (χ3n) is 5.69. The number of aromatic nitrogens is 2. The molecule has 4 rings (SSSR count). The first-order valence-electron chi connectivity index (χ1n) is 9.90. The SMILES string of the molecule is Cc1cccc(N2CCN(C(=O)c3ccc(N4CCOCC4)nn3)CC2)c1C. The van der Waals surface area contributed by atoms with Crippen molar-refractivity contribution in [3.05, 3.63) is 47.2 Å². The minimum atomic E-state index is -0.0401. The largest absolute Gasteiger partial charge is 0.378 e. The van der Waals surface area contributed by atoms with E-state index in [2.05, 4.69) is 52.0 Å². The maximum absolute atomic E-state index is 12.8. The third-order valence-corrected chi connectivity index (χ3v) is 5.69. The number of aryl methyl sites for hydroxylation is 1. The highest BCUT2D eigenvalue weighted by atomic mass is 16.5. The van der Waals surface area contributed by atoms with Crippen molar-refractivity contribution in [1.29, 1.82) is 0 Å². The molecule has 0 aliphatic carbocycles. The van der Waals surface area contributed by atoms with Crippen LogP contribution in [-0.4, -0.2) is 73.5 Å². The number of hydrogen-bond acceptors (Lipinski definition) is 6. The summed E-state index contributed by atoms with van der Waals surface area (Å²) >= 11 is 0. The Morgan fingerprint density at radius 3 is 2.32 bits per heavy atom. The van der Waals surface area contributed by atoms with E-state index in [1.165, 1.54) is 16.8 Å². The van der Waals surface area contributed by atoms with Crippen molar-refractivity contribution in [2.24, 2.45) is 0 Å². The van der Waals surface area contributed by atoms with Gasteiger partial charge in [-0.2, -0.15) is 0 Å². The van der Waals surface area contributed by atoms with Crippen molar-refractivity contribution in [3.63, 3.8) is 0 Å². The van der Waals surface area contributed by atoms with E-state index < -0.39 is 0 Å². The van der Waals surface area contributed by atoms with Gasteiger partial charge < -0.3 is 19.4 Å². The second-order valence-electron chi connectivity index (χ2n) is 7.37. The van der Waals surface area contributed by atoms with Crippen LogP contribution in [0.3, 0.4) is 0 Å². The molecule has 1 amide bonds. The second kappa shape index (κ2) is 8.14. The summed E-state index contributed by atoms with van der Waals surface area (Å²) in [5.41, 5.74) is 4.29. The fourth-order valence-electron chi connectivity index (χ4n) is 3.79. The number of benzene rings is 1. The van der Waals surface area contributed by atoms with E-state index in [4.69, 9.17) is 4.74 Å². The molecule has 0 radical (unpaired) electrons. The Bertz CT molecular complexity index is 825. The normalized spacial score (nSPS) is 17.7. The first-order chi connectivity index (χ1) is 13.6. The Morgan fingerprint density at radius 1 is 0.893 bits per heavy atom. The number of amides is 1. The van der Waals surface area contributed by atoms with E-state index >= 15 is 0 Å². The number of nitrogens with zero attached hydrogens (tertiary/aromatic N) is 5. The molecule has 0 unspecified atom stereocenters. The Hall–Kier alpha value is -2.67. The van der Waals surface area contributed by atoms with E-state index in [0.29, 0.717) is 32.0 Å². The van der Waals surface area contributed by atoms with Gasteiger partial charge in [-0.05, 0) is 43.2 Å². The average Bonchev–Trinajstić information content (AvgIpc) is 2.76. The summed E-state index contributed by atoms with van der Waals surface area (Å²) in [5, 5.41) is 8.46. The lowest BCUT2D eigenvalue weighted by molar-refractivity contribution is 0.0739. The molecular weight excluding hydrogens is 354 g/mol. The van der Waals surface area contributed by atoms with Crippen LogP contribution >= 0.6 is 0 Å². The molecule has 2 aromatic rings. The van der Waals surface area contributed by atoms with Gasteiger partial charge in [0, 0.05) is 45.0 Å². The average molecular weight is 381 g/mol. The molecule has 0 N–H and O–H groups in total. The number of hydrogen-bond donors (Lipinski definition) is 0. The van der Waals surface area contributed by atoms with Crippen LogP contribution in [0.15, 0.2) is 30.3 Å². The summed E-state index contributed by atoms with van der Waals surface area (Å²) in [7, 11) is 0. The summed E-state index contributed by atoms with van der Waals surface area (Å²) in [5.74, 6) is 0.765. The van der Waals surface area contributed by atoms with Crippen LogP contribution in [0, 0.1) is 13.8 Å². The Kier molecular flexibility index (Phi) is 5.43. The highest BCUT2D eigenvalue weighted by molar-refractivity contribution is 5.92. The molecule has 2 saturated heterocycles. The lowest BCUT2D eigenvalue weighted by Gasteiger charge is -2.37. The maximum atomic E-state index is 12.8. The predicted molar refractivity (Wildman–Crippen MR) is 109 cm³/mol. The van der Waals surface area contributed by atoms with Gasteiger partial charge in [0.05, 0.1) is 13.2 Å². The number of ether oxygens (including phenoxy) is 1. The highest BCUT2D eigenvalue weighted by Crippen LogP contribution is 2.24. The number of carbonyl (C=O) groups excluding carboxylic acids is 1. The molecule has 0 bridgehead atoms. The maximum Gasteiger partial charge on any atom is 0.274 e. The van der Waals surface area contributed by atoms with Crippen LogP contribution in [0.2, 0.25) is 0 Å². The molecule has 0 saturated carbocycles. The van der Waals surface area contributed by atoms with Crippen molar-refractivity contribution in [2.45, 2.75) is 13.8 Å². The fraction of sp³-hybridized carbons (Fsp3) is 0.476. The zero-order valence-corrected chi connectivity index (χ0v) is 16.6. The molecule has 2 aliphatic rings. The highest BCUT2D eigenvalue weighted by Gasteiger charge is 2.24. The van der Waals surface area contributed by atoms with Gasteiger partial charge >= 0.3 is 0 Å². The fourth-order valence-corrected chi connectivity index (χ4v) is 3.79. The van der Waals surface area contributed by atoms with E-state index in [0.717, 1.165) is 32.0 Å². The van der Waals surface area contributed by atoms with Crippen LogP contribution < -0.4 is 9.80 Å². The minimum absolute atomic E-state index is 0.0401. The summed E-state index contributed by atoms with van der Waals surface area (Å²) in [6.07, 6.45) is 0. The van der Waals surface area contributed by atoms with Gasteiger partial charge in [0.1, 0.15) is 0 Å². The summed E-state index contributed by atoms with van der Waals surface area (Å²) in [4.78, 5) is 19.2. The molecule has 0 spiro atoms. The van der Waals surface area contributed by atoms with Crippen LogP contribution in [-0.2, 0) is 4.74 Å². The minimum Gasteiger partial charge on any atom is -0.378 e. The van der Waals surface area contributed by atoms with Gasteiger partial charge in [-0.25, -0.2) is 0 Å². The summed E-state index contributed by atoms with van der Waals surface area (Å²) in [6, 6.07) is 10.1. The molecular formula is C21H27N5O2. The number of morpholine rings is 1. The summed E-state index contributed by atoms with van der Waals surface area (Å²) < 4.78 is 5.36. The standard InChI is InChI=1S/C21H27N5O2/c1-16-4-3-5-19(17(16)2)24-8-10-26(11-9-24)21(27)18-6-7-20(23-22-18)25-12-14-28-15-13-25/h3-7H,8-15H2,1-2H3. The zero-order chi connectivity index (χ0) is 19.5. The van der Waals surface area contributed by atoms with E-state index in [9.17, 15) is 4.79 Å². The molecule has 28 heavy (non-hydrogen) atoms. The molecule has 0 atom stereocenters. The first kappa shape index (κ1) is 18.7. The quantitative estimate of drug-likeness (QED) is 0.809. The molecule has 1 aromatic carbocycles. The number of anilines is 2. The number of carbonyl (C=O) groups is 1. The lowest BCUT2D eigenvalue weighted by Crippen LogP contribution is -2.49. The molecule has 7 nitrogen and oxygen atoms in total. The van der Waals surface area contributed by atoms with E-state index in [1.54, 1.807) is 6.07 Å². The van der Waals surface area contributed by atoms with Crippen LogP contribution in [0.5, 0.6) is 0 Å². The van der Waals surface area contributed by atoms with E-state index in [-0.39, 0.29) is 5.91 Å². The Labute approximate surface area is 165 Å². The van der Waals surface area contributed by atoms with Gasteiger partial charge in [0.2, 0.25) is 0 Å².